The van der Waals surface area contributed by atoms with Crippen molar-refractivity contribution >= 4 is 46.2 Å². The molecule has 0 heterocycles. The van der Waals surface area contributed by atoms with Gasteiger partial charge in [-0.25, -0.2) is 23.4 Å². The second-order valence-electron chi connectivity index (χ2n) is 10.0. The van der Waals surface area contributed by atoms with Crippen LogP contribution in [0.25, 0.3) is 11.1 Å². The van der Waals surface area contributed by atoms with Crippen LogP contribution in [0.15, 0.2) is 140 Å². The van der Waals surface area contributed by atoms with E-state index < -0.39 is 17.5 Å². The molecule has 0 unspecified atom stereocenters. The highest BCUT2D eigenvalue weighted by Crippen LogP contribution is 2.54. The molecule has 0 saturated carbocycles. The minimum atomic E-state index is -4.94. The smallest absolute Gasteiger partial charge is 0.338 e. The van der Waals surface area contributed by atoms with Crippen LogP contribution in [0.5, 0.6) is 0 Å². The Labute approximate surface area is 271 Å². The Morgan fingerprint density at radius 2 is 0.978 bits per heavy atom. The predicted molar refractivity (Wildman–Crippen MR) is 175 cm³/mol. The van der Waals surface area contributed by atoms with E-state index in [9.17, 15) is 4.79 Å². The fraction of sp³-hybridized carbons (Fsp3) is 0.139. The summed E-state index contributed by atoms with van der Waals surface area (Å²) in [4.78, 5) is 12.5. The molecular formula is C36H34ClO6PS. The number of hydrogen-bond donors (Lipinski definition) is 0. The Balaban J connectivity index is 0.000000854. The first-order chi connectivity index (χ1) is 21.7. The van der Waals surface area contributed by atoms with Crippen LogP contribution in [0.4, 0.5) is 0 Å². The van der Waals surface area contributed by atoms with Gasteiger partial charge in [0, 0.05) is 0 Å². The van der Waals surface area contributed by atoms with Gasteiger partial charge < -0.3 is 4.74 Å². The molecule has 0 aliphatic rings. The first-order valence-corrected chi connectivity index (χ1v) is 18.7. The maximum Gasteiger partial charge on any atom is 0.338 e. The molecule has 6 nitrogen and oxygen atoms in total. The van der Waals surface area contributed by atoms with Gasteiger partial charge in [0.25, 0.3) is 0 Å². The first kappa shape index (κ1) is 34.4. The molecule has 0 amide bonds. The molecule has 0 aromatic heterocycles. The summed E-state index contributed by atoms with van der Waals surface area (Å²) >= 11 is 1.82. The van der Waals surface area contributed by atoms with E-state index in [2.05, 4.69) is 122 Å². The van der Waals surface area contributed by atoms with Gasteiger partial charge in [0.15, 0.2) is 0 Å². The number of unbranched alkanes of at least 4 members (excludes halogenated alkanes) is 1. The minimum Gasteiger partial charge on any atom is -0.462 e. The number of carbonyl (C=O) groups excluding carboxylic acids is 1. The van der Waals surface area contributed by atoms with Crippen molar-refractivity contribution in [2.24, 2.45) is 0 Å². The molecule has 5 aromatic rings. The van der Waals surface area contributed by atoms with Crippen LogP contribution < -0.4 is 39.9 Å². The van der Waals surface area contributed by atoms with Crippen molar-refractivity contribution in [1.82, 2.24) is 0 Å². The summed E-state index contributed by atoms with van der Waals surface area (Å²) in [6.07, 6.45) is 4.05. The van der Waals surface area contributed by atoms with Gasteiger partial charge in [0.05, 0.1) is 12.2 Å². The number of thioether (sulfide) groups is 1. The molecule has 0 saturated heterocycles. The first-order valence-electron chi connectivity index (χ1n) is 14.3. The monoisotopic (exact) mass is 660 g/mol. The van der Waals surface area contributed by atoms with Crippen LogP contribution in [0.3, 0.4) is 0 Å². The lowest BCUT2D eigenvalue weighted by Gasteiger charge is -2.27. The summed E-state index contributed by atoms with van der Waals surface area (Å²) in [5, 5.41) is 5.30. The Bertz CT molecular complexity index is 1500. The molecule has 5 aromatic carbocycles. The number of halogens is 1. The summed E-state index contributed by atoms with van der Waals surface area (Å²) in [5.74, 6) is 0.838. The molecule has 0 atom stereocenters. The van der Waals surface area contributed by atoms with Crippen LogP contribution in [0.2, 0.25) is 0 Å². The minimum absolute atomic E-state index is 0.255. The van der Waals surface area contributed by atoms with Gasteiger partial charge in [-0.05, 0) is 96.6 Å². The van der Waals surface area contributed by atoms with E-state index in [0.717, 1.165) is 29.7 Å². The topological polar surface area (TPSA) is 119 Å². The van der Waals surface area contributed by atoms with Crippen LogP contribution in [0.1, 0.15) is 23.2 Å². The molecule has 0 aliphatic heterocycles. The molecule has 0 fully saturated rings. The van der Waals surface area contributed by atoms with E-state index in [1.54, 1.807) is 0 Å². The highest BCUT2D eigenvalue weighted by Gasteiger charge is 2.47. The van der Waals surface area contributed by atoms with Gasteiger partial charge in [0.2, 0.25) is 0 Å². The standard InChI is InChI=1S/C36H34O2PS.ClHO4/c1-40-28-12-11-27-38-36(37)31-21-19-29(20-22-31)30-23-25-35(26-24-30)39(32-13-5-2-6-14-32,33-15-7-3-8-16-33)34-17-9-4-10-18-34;2-1(3,4)5/h2-10,13-26H,11-12,27-28H2,1H3;(H,2,3,4,5)/q+1;/p-1. The molecule has 45 heavy (non-hydrogen) atoms. The molecule has 0 N–H and O–H groups in total. The quantitative estimate of drug-likeness (QED) is 0.121. The van der Waals surface area contributed by atoms with Crippen LogP contribution in [-0.2, 0) is 4.74 Å². The predicted octanol–water partition coefficient (Wildman–Crippen LogP) is 2.52. The maximum absolute atomic E-state index is 12.5. The SMILES string of the molecule is CSCCCCOC(=O)c1ccc(-c2ccc([P+](c3ccccc3)(c3ccccc3)c3ccccc3)cc2)cc1.[O-][Cl+3]([O-])([O-])[O-]. The highest BCUT2D eigenvalue weighted by atomic mass is 35.7. The van der Waals surface area contributed by atoms with Crippen molar-refractivity contribution in [3.63, 3.8) is 0 Å². The Kier molecular flexibility index (Phi) is 12.7. The van der Waals surface area contributed by atoms with Gasteiger partial charge in [0.1, 0.15) is 28.5 Å². The number of ether oxygens (including phenoxy) is 1. The van der Waals surface area contributed by atoms with Crippen molar-refractivity contribution in [2.45, 2.75) is 12.8 Å². The zero-order valence-corrected chi connectivity index (χ0v) is 27.3. The van der Waals surface area contributed by atoms with E-state index in [0.29, 0.717) is 12.2 Å². The average molecular weight is 661 g/mol. The van der Waals surface area contributed by atoms with E-state index in [1.165, 1.54) is 21.2 Å². The third-order valence-corrected chi connectivity index (χ3v) is 12.1. The van der Waals surface area contributed by atoms with Gasteiger partial charge in [-0.15, -0.1) is 10.2 Å². The molecule has 0 bridgehead atoms. The number of carbonyl (C=O) groups is 1. The third kappa shape index (κ3) is 9.49. The summed E-state index contributed by atoms with van der Waals surface area (Å²) in [6, 6.07) is 49.4. The van der Waals surface area contributed by atoms with Crippen molar-refractivity contribution in [1.29, 1.82) is 0 Å². The zero-order valence-electron chi connectivity index (χ0n) is 24.8. The summed E-state index contributed by atoms with van der Waals surface area (Å²) < 4.78 is 39.4. The molecule has 0 spiro atoms. The van der Waals surface area contributed by atoms with Crippen molar-refractivity contribution in [2.75, 3.05) is 18.6 Å². The van der Waals surface area contributed by atoms with Crippen molar-refractivity contribution in [3.8, 4) is 11.1 Å². The second kappa shape index (κ2) is 16.7. The van der Waals surface area contributed by atoms with Crippen LogP contribution in [-0.4, -0.2) is 24.6 Å². The lowest BCUT2D eigenvalue weighted by Crippen LogP contribution is -2.68. The summed E-state index contributed by atoms with van der Waals surface area (Å²) in [7, 11) is -7.06. The van der Waals surface area contributed by atoms with Gasteiger partial charge >= 0.3 is 5.97 Å². The lowest BCUT2D eigenvalue weighted by atomic mass is 10.0. The largest absolute Gasteiger partial charge is 0.462 e. The van der Waals surface area contributed by atoms with E-state index in [1.807, 2.05) is 36.0 Å². The number of rotatable bonds is 11. The van der Waals surface area contributed by atoms with E-state index in [4.69, 9.17) is 23.4 Å². The van der Waals surface area contributed by atoms with Crippen molar-refractivity contribution < 1.29 is 38.4 Å². The third-order valence-electron chi connectivity index (χ3n) is 7.11. The fourth-order valence-corrected chi connectivity index (χ4v) is 9.86. The number of hydrogen-bond acceptors (Lipinski definition) is 7. The molecule has 0 aliphatic carbocycles. The molecule has 9 heteroatoms. The number of esters is 1. The zero-order chi connectivity index (χ0) is 32.1. The van der Waals surface area contributed by atoms with Crippen LogP contribution in [0, 0.1) is 10.2 Å². The number of benzene rings is 5. The summed E-state index contributed by atoms with van der Waals surface area (Å²) in [6.45, 7) is 0.470. The molecule has 5 rings (SSSR count). The molecule has 0 radical (unpaired) electrons. The van der Waals surface area contributed by atoms with Gasteiger partial charge in [-0.2, -0.15) is 11.8 Å². The maximum atomic E-state index is 12.5. The van der Waals surface area contributed by atoms with Gasteiger partial charge in [-0.3, -0.25) is 0 Å². The van der Waals surface area contributed by atoms with E-state index in [-0.39, 0.29) is 5.97 Å². The second-order valence-corrected chi connectivity index (χ2v) is 15.2. The van der Waals surface area contributed by atoms with Crippen LogP contribution >= 0.6 is 19.0 Å². The van der Waals surface area contributed by atoms with Gasteiger partial charge in [-0.1, -0.05) is 78.9 Å². The Morgan fingerprint density at radius 1 is 0.600 bits per heavy atom. The van der Waals surface area contributed by atoms with E-state index >= 15 is 0 Å². The normalized spacial score (nSPS) is 11.3. The lowest BCUT2D eigenvalue weighted by molar-refractivity contribution is -2.00. The highest BCUT2D eigenvalue weighted by molar-refractivity contribution is 8.01. The molecule has 232 valence electrons. The summed E-state index contributed by atoms with van der Waals surface area (Å²) in [5.41, 5.74) is 2.78. The van der Waals surface area contributed by atoms with Crippen molar-refractivity contribution in [3.05, 3.63) is 145 Å². The Morgan fingerprint density at radius 3 is 1.38 bits per heavy atom. The average Bonchev–Trinajstić information content (AvgIpc) is 3.06. The Hall–Kier alpha value is -3.52. The fourth-order valence-electron chi connectivity index (χ4n) is 5.12. The molecular weight excluding hydrogens is 627 g/mol.